The summed E-state index contributed by atoms with van der Waals surface area (Å²) in [5.74, 6) is -0.00151. The highest BCUT2D eigenvalue weighted by molar-refractivity contribution is 7.17. The molecule has 22 heavy (non-hydrogen) atoms. The summed E-state index contributed by atoms with van der Waals surface area (Å²) in [5.41, 5.74) is 17.4. The van der Waals surface area contributed by atoms with Crippen LogP contribution >= 0.6 is 11.3 Å². The van der Waals surface area contributed by atoms with Crippen LogP contribution in [-0.2, 0) is 6.54 Å². The van der Waals surface area contributed by atoms with Gasteiger partial charge in [-0.2, -0.15) is 0 Å². The van der Waals surface area contributed by atoms with Crippen molar-refractivity contribution >= 4 is 22.3 Å². The van der Waals surface area contributed by atoms with E-state index in [0.29, 0.717) is 6.54 Å². The molecule has 8 heteroatoms. The predicted octanol–water partition coefficient (Wildman–Crippen LogP) is 1.35. The minimum absolute atomic E-state index is 0.00151. The average Bonchev–Trinajstić information content (AvgIpc) is 2.98. The number of nitrogens with one attached hydrogen (secondary N) is 1. The summed E-state index contributed by atoms with van der Waals surface area (Å²) in [6.45, 7) is 4.62. The molecule has 0 saturated heterocycles. The fourth-order valence-corrected chi connectivity index (χ4v) is 3.28. The van der Waals surface area contributed by atoms with Gasteiger partial charge in [-0.05, 0) is 26.0 Å². The Morgan fingerprint density at radius 1 is 1.36 bits per heavy atom. The van der Waals surface area contributed by atoms with Gasteiger partial charge in [0.25, 0.3) is 0 Å². The quantitative estimate of drug-likeness (QED) is 0.383. The SMILES string of the molecule is Cc1sc2nc(-c3ccccn3)c(CNN=C(N)N)n2c1C. The molecule has 7 nitrogen and oxygen atoms in total. The number of fused-ring (bicyclic) bond motifs is 1. The second kappa shape index (κ2) is 5.64. The lowest BCUT2D eigenvalue weighted by Gasteiger charge is -2.05. The maximum Gasteiger partial charge on any atom is 0.208 e. The molecular weight excluding hydrogens is 298 g/mol. The van der Waals surface area contributed by atoms with Gasteiger partial charge in [0.15, 0.2) is 4.96 Å². The molecule has 5 N–H and O–H groups in total. The van der Waals surface area contributed by atoms with E-state index in [1.165, 1.54) is 4.88 Å². The van der Waals surface area contributed by atoms with Crippen LogP contribution in [0.4, 0.5) is 0 Å². The van der Waals surface area contributed by atoms with E-state index < -0.39 is 0 Å². The number of thiazole rings is 1. The van der Waals surface area contributed by atoms with Crippen LogP contribution in [-0.4, -0.2) is 20.3 Å². The molecule has 114 valence electrons. The summed E-state index contributed by atoms with van der Waals surface area (Å²) in [4.78, 5) is 11.3. The molecule has 0 amide bonds. The van der Waals surface area contributed by atoms with Gasteiger partial charge in [-0.25, -0.2) is 4.98 Å². The molecule has 3 aromatic rings. The van der Waals surface area contributed by atoms with Crippen molar-refractivity contribution in [3.05, 3.63) is 40.7 Å². The minimum atomic E-state index is -0.00151. The van der Waals surface area contributed by atoms with Crippen molar-refractivity contribution in [1.29, 1.82) is 0 Å². The first-order valence-corrected chi connectivity index (χ1v) is 7.59. The number of aromatic nitrogens is 3. The first kappa shape index (κ1) is 14.3. The number of hydrazone groups is 1. The molecule has 0 saturated carbocycles. The third-order valence-electron chi connectivity index (χ3n) is 3.39. The van der Waals surface area contributed by atoms with Gasteiger partial charge in [0, 0.05) is 16.8 Å². The highest BCUT2D eigenvalue weighted by Crippen LogP contribution is 2.29. The summed E-state index contributed by atoms with van der Waals surface area (Å²) < 4.78 is 2.12. The summed E-state index contributed by atoms with van der Waals surface area (Å²) in [6, 6.07) is 5.77. The van der Waals surface area contributed by atoms with Crippen LogP contribution in [0.3, 0.4) is 0 Å². The molecule has 0 radical (unpaired) electrons. The molecule has 3 heterocycles. The molecule has 0 spiro atoms. The van der Waals surface area contributed by atoms with E-state index in [4.69, 9.17) is 16.5 Å². The zero-order chi connectivity index (χ0) is 15.7. The van der Waals surface area contributed by atoms with Gasteiger partial charge in [-0.1, -0.05) is 6.07 Å². The van der Waals surface area contributed by atoms with E-state index >= 15 is 0 Å². The average molecular weight is 315 g/mol. The largest absolute Gasteiger partial charge is 0.369 e. The van der Waals surface area contributed by atoms with E-state index in [0.717, 1.165) is 27.7 Å². The highest BCUT2D eigenvalue weighted by atomic mass is 32.1. The highest BCUT2D eigenvalue weighted by Gasteiger charge is 2.18. The van der Waals surface area contributed by atoms with Crippen molar-refractivity contribution in [2.75, 3.05) is 0 Å². The molecule has 3 aromatic heterocycles. The number of nitrogens with two attached hydrogens (primary N) is 2. The second-order valence-corrected chi connectivity index (χ2v) is 6.04. The normalized spacial score (nSPS) is 10.8. The molecule has 0 unspecified atom stereocenters. The van der Waals surface area contributed by atoms with E-state index in [9.17, 15) is 0 Å². The van der Waals surface area contributed by atoms with Crippen molar-refractivity contribution < 1.29 is 0 Å². The molecule has 0 aliphatic carbocycles. The molecular formula is C14H17N7S. The van der Waals surface area contributed by atoms with Crippen molar-refractivity contribution in [2.24, 2.45) is 16.6 Å². The van der Waals surface area contributed by atoms with Gasteiger partial charge in [0.1, 0.15) is 5.69 Å². The summed E-state index contributed by atoms with van der Waals surface area (Å²) >= 11 is 1.66. The van der Waals surface area contributed by atoms with Crippen LogP contribution in [0.5, 0.6) is 0 Å². The number of nitrogens with zero attached hydrogens (tertiary/aromatic N) is 4. The number of pyridine rings is 1. The molecule has 3 rings (SSSR count). The number of rotatable bonds is 4. The van der Waals surface area contributed by atoms with Crippen LogP contribution in [0.2, 0.25) is 0 Å². The lowest BCUT2D eigenvalue weighted by Crippen LogP contribution is -2.26. The monoisotopic (exact) mass is 315 g/mol. The van der Waals surface area contributed by atoms with E-state index in [-0.39, 0.29) is 5.96 Å². The van der Waals surface area contributed by atoms with Crippen LogP contribution in [0.15, 0.2) is 29.5 Å². The smallest absolute Gasteiger partial charge is 0.208 e. The summed E-state index contributed by atoms with van der Waals surface area (Å²) in [7, 11) is 0. The van der Waals surface area contributed by atoms with Gasteiger partial charge in [0.05, 0.1) is 17.9 Å². The number of hydrogen-bond donors (Lipinski definition) is 3. The van der Waals surface area contributed by atoms with Gasteiger partial charge < -0.3 is 16.9 Å². The lowest BCUT2D eigenvalue weighted by atomic mass is 10.2. The zero-order valence-electron chi connectivity index (χ0n) is 12.4. The fraction of sp³-hybridized carbons (Fsp3) is 0.214. The van der Waals surface area contributed by atoms with Crippen LogP contribution < -0.4 is 16.9 Å². The molecule has 0 aliphatic heterocycles. The van der Waals surface area contributed by atoms with Gasteiger partial charge in [-0.15, -0.1) is 16.4 Å². The van der Waals surface area contributed by atoms with Crippen molar-refractivity contribution in [3.8, 4) is 11.4 Å². The van der Waals surface area contributed by atoms with Crippen LogP contribution in [0.1, 0.15) is 16.3 Å². The molecule has 0 aromatic carbocycles. The van der Waals surface area contributed by atoms with Gasteiger partial charge in [0.2, 0.25) is 5.96 Å². The Morgan fingerprint density at radius 2 is 2.18 bits per heavy atom. The molecule has 0 atom stereocenters. The Morgan fingerprint density at radius 3 is 2.86 bits per heavy atom. The first-order chi connectivity index (χ1) is 10.6. The predicted molar refractivity (Wildman–Crippen MR) is 88.4 cm³/mol. The Kier molecular flexibility index (Phi) is 3.68. The Labute approximate surface area is 131 Å². The molecule has 0 fully saturated rings. The van der Waals surface area contributed by atoms with E-state index in [1.807, 2.05) is 18.2 Å². The Balaban J connectivity index is 2.13. The van der Waals surface area contributed by atoms with Crippen molar-refractivity contribution in [1.82, 2.24) is 19.8 Å². The Hall–Kier alpha value is -2.61. The number of imidazole rings is 1. The van der Waals surface area contributed by atoms with Crippen molar-refractivity contribution in [3.63, 3.8) is 0 Å². The number of aryl methyl sites for hydroxylation is 2. The third kappa shape index (κ3) is 2.48. The molecule has 0 bridgehead atoms. The topological polar surface area (TPSA) is 107 Å². The van der Waals surface area contributed by atoms with Crippen molar-refractivity contribution in [2.45, 2.75) is 20.4 Å². The second-order valence-electron chi connectivity index (χ2n) is 4.86. The van der Waals surface area contributed by atoms with E-state index in [1.54, 1.807) is 17.5 Å². The number of hydrogen-bond acceptors (Lipinski definition) is 5. The lowest BCUT2D eigenvalue weighted by molar-refractivity contribution is 0.716. The molecule has 0 aliphatic rings. The fourth-order valence-electron chi connectivity index (χ4n) is 2.29. The van der Waals surface area contributed by atoms with Crippen LogP contribution in [0, 0.1) is 13.8 Å². The number of guanidine groups is 1. The summed E-state index contributed by atoms with van der Waals surface area (Å²) in [6.07, 6.45) is 1.76. The Bertz CT molecular complexity index is 828. The maximum atomic E-state index is 5.36. The van der Waals surface area contributed by atoms with Gasteiger partial charge in [-0.3, -0.25) is 9.38 Å². The van der Waals surface area contributed by atoms with Gasteiger partial charge >= 0.3 is 0 Å². The minimum Gasteiger partial charge on any atom is -0.369 e. The first-order valence-electron chi connectivity index (χ1n) is 6.78. The maximum absolute atomic E-state index is 5.36. The van der Waals surface area contributed by atoms with Crippen LogP contribution in [0.25, 0.3) is 16.3 Å². The van der Waals surface area contributed by atoms with E-state index in [2.05, 4.69) is 33.8 Å². The standard InChI is InChI=1S/C14H17N7S/c1-8-9(2)22-14-19-12(10-5-3-4-6-17-10)11(21(8)14)7-18-20-13(15)16/h3-6,18H,7H2,1-2H3,(H4,15,16,20). The summed E-state index contributed by atoms with van der Waals surface area (Å²) in [5, 5.41) is 3.84. The zero-order valence-corrected chi connectivity index (χ0v) is 13.2. The third-order valence-corrected chi connectivity index (χ3v) is 4.45.